The molecule has 0 aliphatic heterocycles. The summed E-state index contributed by atoms with van der Waals surface area (Å²) in [5.41, 5.74) is 1.41. The van der Waals surface area contributed by atoms with Crippen molar-refractivity contribution >= 4 is 39.8 Å². The van der Waals surface area contributed by atoms with Gasteiger partial charge in [-0.3, -0.25) is 4.79 Å². The lowest BCUT2D eigenvalue weighted by molar-refractivity contribution is 0.0958. The molecule has 0 radical (unpaired) electrons. The molecule has 1 aromatic rings. The Morgan fingerprint density at radius 2 is 2.25 bits per heavy atom. The molecule has 1 N–H and O–H groups in total. The zero-order valence-electron chi connectivity index (χ0n) is 9.22. The smallest absolute Gasteiger partial charge is 0.261 e. The van der Waals surface area contributed by atoms with Crippen LogP contribution in [0.4, 0.5) is 0 Å². The van der Waals surface area contributed by atoms with E-state index in [9.17, 15) is 4.79 Å². The maximum absolute atomic E-state index is 11.8. The maximum atomic E-state index is 11.8. The first-order valence-electron chi connectivity index (χ1n) is 5.77. The summed E-state index contributed by atoms with van der Waals surface area (Å²) in [7, 11) is 0. The second-order valence-corrected chi connectivity index (χ2v) is 6.28. The molecule has 0 unspecified atom stereocenters. The van der Waals surface area contributed by atoms with E-state index in [-0.39, 0.29) is 5.91 Å². The van der Waals surface area contributed by atoms with Gasteiger partial charge in [-0.25, -0.2) is 0 Å². The molecule has 1 heterocycles. The van der Waals surface area contributed by atoms with Gasteiger partial charge in [-0.05, 0) is 43.7 Å². The number of halogens is 1. The molecule has 88 valence electrons. The van der Waals surface area contributed by atoms with Crippen LogP contribution in [0.1, 0.15) is 39.4 Å². The minimum absolute atomic E-state index is 0.115. The van der Waals surface area contributed by atoms with E-state index in [1.165, 1.54) is 29.7 Å². The molecule has 0 fully saturated rings. The normalized spacial score (nSPS) is 14.6. The van der Waals surface area contributed by atoms with Crippen LogP contribution < -0.4 is 5.32 Å². The molecular weight excluding hydrogens is 333 g/mol. The van der Waals surface area contributed by atoms with Gasteiger partial charge in [0, 0.05) is 15.8 Å². The summed E-state index contributed by atoms with van der Waals surface area (Å²) in [5, 5.41) is 2.98. The van der Waals surface area contributed by atoms with E-state index >= 15 is 0 Å². The first-order valence-corrected chi connectivity index (χ1v) is 8.11. The fourth-order valence-electron chi connectivity index (χ4n) is 1.96. The fourth-order valence-corrected chi connectivity index (χ4v) is 3.51. The molecule has 0 spiro atoms. The lowest BCUT2D eigenvalue weighted by Gasteiger charge is -2.08. The van der Waals surface area contributed by atoms with Crippen molar-refractivity contribution in [2.45, 2.75) is 32.1 Å². The van der Waals surface area contributed by atoms with E-state index in [1.54, 1.807) is 11.3 Å². The van der Waals surface area contributed by atoms with Gasteiger partial charge in [0.05, 0.1) is 4.88 Å². The Balaban J connectivity index is 1.98. The third kappa shape index (κ3) is 2.97. The number of hydrogen-bond donors (Lipinski definition) is 1. The van der Waals surface area contributed by atoms with Gasteiger partial charge in [0.2, 0.25) is 0 Å². The molecule has 2 rings (SSSR count). The zero-order chi connectivity index (χ0) is 11.4. The number of aryl methyl sites for hydroxylation is 2. The molecule has 4 heteroatoms. The number of thiophene rings is 1. The molecule has 16 heavy (non-hydrogen) atoms. The van der Waals surface area contributed by atoms with Crippen LogP contribution in [0, 0.1) is 0 Å². The lowest BCUT2D eigenvalue weighted by Crippen LogP contribution is -2.23. The van der Waals surface area contributed by atoms with Crippen LogP contribution in [0.2, 0.25) is 0 Å². The summed E-state index contributed by atoms with van der Waals surface area (Å²) in [4.78, 5) is 14.2. The van der Waals surface area contributed by atoms with Crippen LogP contribution in [0.15, 0.2) is 6.07 Å². The Bertz CT molecular complexity index is 352. The zero-order valence-corrected chi connectivity index (χ0v) is 12.2. The number of alkyl halides is 1. The molecule has 0 atom stereocenters. The second kappa shape index (κ2) is 6.00. The van der Waals surface area contributed by atoms with E-state index in [0.717, 1.165) is 28.7 Å². The molecule has 2 nitrogen and oxygen atoms in total. The van der Waals surface area contributed by atoms with E-state index in [1.807, 2.05) is 0 Å². The highest BCUT2D eigenvalue weighted by Crippen LogP contribution is 2.29. The van der Waals surface area contributed by atoms with E-state index < -0.39 is 0 Å². The largest absolute Gasteiger partial charge is 0.351 e. The first-order chi connectivity index (χ1) is 7.81. The summed E-state index contributed by atoms with van der Waals surface area (Å²) in [5.74, 6) is 0.115. The van der Waals surface area contributed by atoms with Gasteiger partial charge in [0.15, 0.2) is 0 Å². The van der Waals surface area contributed by atoms with Crippen molar-refractivity contribution < 1.29 is 4.79 Å². The second-order valence-electron chi connectivity index (χ2n) is 4.06. The third-order valence-electron chi connectivity index (χ3n) is 2.82. The van der Waals surface area contributed by atoms with Crippen molar-refractivity contribution in [3.8, 4) is 0 Å². The van der Waals surface area contributed by atoms with Crippen LogP contribution in [-0.2, 0) is 12.8 Å². The summed E-state index contributed by atoms with van der Waals surface area (Å²) in [6, 6.07) is 2.10. The Hall–Kier alpha value is -0.100. The van der Waals surface area contributed by atoms with Gasteiger partial charge in [-0.1, -0.05) is 22.6 Å². The Morgan fingerprint density at radius 1 is 1.44 bits per heavy atom. The van der Waals surface area contributed by atoms with Crippen molar-refractivity contribution in [1.82, 2.24) is 5.32 Å². The molecule has 1 aliphatic rings. The summed E-state index contributed by atoms with van der Waals surface area (Å²) < 4.78 is 1.10. The minimum atomic E-state index is 0.115. The van der Waals surface area contributed by atoms with Crippen LogP contribution in [0.5, 0.6) is 0 Å². The highest BCUT2D eigenvalue weighted by Gasteiger charge is 2.16. The Kier molecular flexibility index (Phi) is 4.64. The van der Waals surface area contributed by atoms with Gasteiger partial charge in [0.25, 0.3) is 5.91 Å². The Morgan fingerprint density at radius 3 is 3.00 bits per heavy atom. The van der Waals surface area contributed by atoms with Crippen LogP contribution in [-0.4, -0.2) is 16.9 Å². The number of amides is 1. The molecule has 0 saturated carbocycles. The predicted octanol–water partition coefficient (Wildman–Crippen LogP) is 3.18. The monoisotopic (exact) mass is 349 g/mol. The van der Waals surface area contributed by atoms with Crippen LogP contribution >= 0.6 is 33.9 Å². The quantitative estimate of drug-likeness (QED) is 0.505. The Labute approximate surface area is 114 Å². The van der Waals surface area contributed by atoms with Crippen LogP contribution in [0.25, 0.3) is 0 Å². The average molecular weight is 349 g/mol. The van der Waals surface area contributed by atoms with Gasteiger partial charge in [0.1, 0.15) is 0 Å². The average Bonchev–Trinajstić information content (AvgIpc) is 2.73. The van der Waals surface area contributed by atoms with E-state index in [4.69, 9.17) is 0 Å². The highest BCUT2D eigenvalue weighted by atomic mass is 127. The van der Waals surface area contributed by atoms with Crippen molar-refractivity contribution in [3.63, 3.8) is 0 Å². The van der Waals surface area contributed by atoms with Crippen LogP contribution in [0.3, 0.4) is 0 Å². The number of carbonyl (C=O) groups is 1. The van der Waals surface area contributed by atoms with Crippen molar-refractivity contribution in [2.24, 2.45) is 0 Å². The SMILES string of the molecule is O=C(NCCCI)c1cc2c(s1)CCCC2. The highest BCUT2D eigenvalue weighted by molar-refractivity contribution is 14.1. The van der Waals surface area contributed by atoms with Gasteiger partial charge < -0.3 is 5.32 Å². The molecule has 0 bridgehead atoms. The topological polar surface area (TPSA) is 29.1 Å². The number of rotatable bonds is 4. The summed E-state index contributed by atoms with van der Waals surface area (Å²) >= 11 is 4.02. The van der Waals surface area contributed by atoms with E-state index in [0.29, 0.717) is 0 Å². The molecular formula is C12H16INOS. The van der Waals surface area contributed by atoms with Crippen molar-refractivity contribution in [2.75, 3.05) is 11.0 Å². The van der Waals surface area contributed by atoms with E-state index in [2.05, 4.69) is 34.0 Å². The number of fused-ring (bicyclic) bond motifs is 1. The molecule has 0 aromatic carbocycles. The minimum Gasteiger partial charge on any atom is -0.351 e. The summed E-state index contributed by atoms with van der Waals surface area (Å²) in [6.07, 6.45) is 5.94. The fraction of sp³-hybridized carbons (Fsp3) is 0.583. The first kappa shape index (κ1) is 12.4. The molecule has 1 aromatic heterocycles. The lowest BCUT2D eigenvalue weighted by atomic mass is 9.99. The van der Waals surface area contributed by atoms with Crippen molar-refractivity contribution in [1.29, 1.82) is 0 Å². The predicted molar refractivity (Wildman–Crippen MR) is 76.8 cm³/mol. The number of carbonyl (C=O) groups excluding carboxylic acids is 1. The molecule has 1 aliphatic carbocycles. The standard InChI is InChI=1S/C12H16INOS/c13-6-3-7-14-12(15)11-8-9-4-1-2-5-10(9)16-11/h8H,1-7H2,(H,14,15). The molecule has 1 amide bonds. The number of nitrogens with one attached hydrogen (secondary N) is 1. The summed E-state index contributed by atoms with van der Waals surface area (Å²) in [6.45, 7) is 0.796. The van der Waals surface area contributed by atoms with Gasteiger partial charge >= 0.3 is 0 Å². The van der Waals surface area contributed by atoms with Gasteiger partial charge in [-0.2, -0.15) is 0 Å². The van der Waals surface area contributed by atoms with Gasteiger partial charge in [-0.15, -0.1) is 11.3 Å². The molecule has 0 saturated heterocycles. The third-order valence-corrected chi connectivity index (χ3v) is 4.82. The van der Waals surface area contributed by atoms with Crippen molar-refractivity contribution in [3.05, 3.63) is 21.4 Å². The number of hydrogen-bond acceptors (Lipinski definition) is 2. The maximum Gasteiger partial charge on any atom is 0.261 e.